The van der Waals surface area contributed by atoms with E-state index >= 15 is 0 Å². The lowest BCUT2D eigenvalue weighted by Gasteiger charge is -2.19. The summed E-state index contributed by atoms with van der Waals surface area (Å²) >= 11 is 0. The van der Waals surface area contributed by atoms with E-state index in [0.29, 0.717) is 25.4 Å². The molecule has 0 aliphatic carbocycles. The van der Waals surface area contributed by atoms with Crippen LogP contribution in [-0.4, -0.2) is 37.0 Å². The number of benzene rings is 1. The van der Waals surface area contributed by atoms with Gasteiger partial charge in [0.2, 0.25) is 11.8 Å². The van der Waals surface area contributed by atoms with E-state index in [0.717, 1.165) is 38.6 Å². The van der Waals surface area contributed by atoms with Crippen LogP contribution in [0.5, 0.6) is 0 Å². The molecule has 0 heterocycles. The minimum absolute atomic E-state index is 0.0421. The highest BCUT2D eigenvalue weighted by Crippen LogP contribution is 2.08. The molecule has 1 aromatic carbocycles. The average molecular weight is 390 g/mol. The summed E-state index contributed by atoms with van der Waals surface area (Å²) in [6.07, 6.45) is 5.60. The van der Waals surface area contributed by atoms with Crippen LogP contribution in [0.15, 0.2) is 24.3 Å². The standard InChI is InChI=1S/C23H39N3O2/c1-5-6-16-25-23(28)21(10-8-17-24-18(2)3)26-22(27)11-7-9-20-14-12-19(4)13-15-20/h12-15,18,21,24H,5-11,16-17H2,1-4H3,(H,25,28)(H,26,27). The summed E-state index contributed by atoms with van der Waals surface area (Å²) in [5.41, 5.74) is 2.48. The molecule has 0 saturated heterocycles. The third kappa shape index (κ3) is 11.1. The van der Waals surface area contributed by atoms with Crippen LogP contribution in [-0.2, 0) is 16.0 Å². The summed E-state index contributed by atoms with van der Waals surface area (Å²) in [6, 6.07) is 8.39. The molecule has 0 bridgehead atoms. The second-order valence-electron chi connectivity index (χ2n) is 7.85. The van der Waals surface area contributed by atoms with Crippen LogP contribution in [0.4, 0.5) is 0 Å². The van der Waals surface area contributed by atoms with Crippen molar-refractivity contribution >= 4 is 11.8 Å². The van der Waals surface area contributed by atoms with Crippen LogP contribution in [0.1, 0.15) is 70.4 Å². The number of carbonyl (C=O) groups excluding carboxylic acids is 2. The van der Waals surface area contributed by atoms with Crippen molar-refractivity contribution in [3.63, 3.8) is 0 Å². The molecular weight excluding hydrogens is 350 g/mol. The number of amides is 2. The molecule has 0 fully saturated rings. The van der Waals surface area contributed by atoms with Crippen LogP contribution in [0, 0.1) is 6.92 Å². The predicted octanol–water partition coefficient (Wildman–Crippen LogP) is 3.50. The smallest absolute Gasteiger partial charge is 0.242 e. The summed E-state index contributed by atoms with van der Waals surface area (Å²) < 4.78 is 0. The number of unbranched alkanes of at least 4 members (excludes halogenated alkanes) is 1. The summed E-state index contributed by atoms with van der Waals surface area (Å²) in [4.78, 5) is 24.8. The van der Waals surface area contributed by atoms with E-state index in [1.807, 2.05) is 0 Å². The Bertz CT molecular complexity index is 570. The van der Waals surface area contributed by atoms with Crippen molar-refractivity contribution in [2.45, 2.75) is 84.7 Å². The lowest BCUT2D eigenvalue weighted by atomic mass is 10.1. The lowest BCUT2D eigenvalue weighted by Crippen LogP contribution is -2.47. The SMILES string of the molecule is CCCCNC(=O)C(CCCNC(C)C)NC(=O)CCCc1ccc(C)cc1. The zero-order valence-electron chi connectivity index (χ0n) is 18.1. The first-order chi connectivity index (χ1) is 13.4. The summed E-state index contributed by atoms with van der Waals surface area (Å²) in [6.45, 7) is 9.88. The summed E-state index contributed by atoms with van der Waals surface area (Å²) in [7, 11) is 0. The average Bonchev–Trinajstić information content (AvgIpc) is 2.65. The fourth-order valence-electron chi connectivity index (χ4n) is 2.95. The third-order valence-corrected chi connectivity index (χ3v) is 4.69. The highest BCUT2D eigenvalue weighted by atomic mass is 16.2. The van der Waals surface area contributed by atoms with Crippen molar-refractivity contribution in [2.75, 3.05) is 13.1 Å². The maximum Gasteiger partial charge on any atom is 0.242 e. The van der Waals surface area contributed by atoms with E-state index in [-0.39, 0.29) is 11.8 Å². The van der Waals surface area contributed by atoms with E-state index in [1.165, 1.54) is 11.1 Å². The maximum atomic E-state index is 12.5. The van der Waals surface area contributed by atoms with Crippen LogP contribution < -0.4 is 16.0 Å². The van der Waals surface area contributed by atoms with Gasteiger partial charge in [-0.2, -0.15) is 0 Å². The molecule has 28 heavy (non-hydrogen) atoms. The quantitative estimate of drug-likeness (QED) is 0.427. The van der Waals surface area contributed by atoms with Gasteiger partial charge in [-0.15, -0.1) is 0 Å². The Labute approximate surface area is 171 Å². The molecule has 5 nitrogen and oxygen atoms in total. The predicted molar refractivity (Wildman–Crippen MR) is 116 cm³/mol. The molecule has 2 amide bonds. The van der Waals surface area contributed by atoms with Crippen molar-refractivity contribution in [3.8, 4) is 0 Å². The molecule has 1 rings (SSSR count). The van der Waals surface area contributed by atoms with Crippen molar-refractivity contribution in [2.24, 2.45) is 0 Å². The molecule has 1 atom stereocenters. The first kappa shape index (κ1) is 24.2. The molecule has 0 radical (unpaired) electrons. The molecule has 0 aliphatic heterocycles. The largest absolute Gasteiger partial charge is 0.354 e. The van der Waals surface area contributed by atoms with Gasteiger partial charge in [0.05, 0.1) is 0 Å². The van der Waals surface area contributed by atoms with Crippen molar-refractivity contribution in [3.05, 3.63) is 35.4 Å². The molecule has 1 unspecified atom stereocenters. The van der Waals surface area contributed by atoms with Crippen molar-refractivity contribution in [1.29, 1.82) is 0 Å². The summed E-state index contributed by atoms with van der Waals surface area (Å²) in [5.74, 6) is -0.107. The number of carbonyl (C=O) groups is 2. The van der Waals surface area contributed by atoms with E-state index in [4.69, 9.17) is 0 Å². The molecule has 0 spiro atoms. The van der Waals surface area contributed by atoms with E-state index in [9.17, 15) is 9.59 Å². The van der Waals surface area contributed by atoms with Gasteiger partial charge in [-0.3, -0.25) is 9.59 Å². The normalized spacial score (nSPS) is 12.0. The van der Waals surface area contributed by atoms with Gasteiger partial charge in [0.25, 0.3) is 0 Å². The molecular formula is C23H39N3O2. The maximum absolute atomic E-state index is 12.5. The monoisotopic (exact) mass is 389 g/mol. The Balaban J connectivity index is 2.43. The Morgan fingerprint density at radius 1 is 1.00 bits per heavy atom. The number of hydrogen-bond donors (Lipinski definition) is 3. The number of aryl methyl sites for hydroxylation is 2. The van der Waals surface area contributed by atoms with Gasteiger partial charge in [0.1, 0.15) is 6.04 Å². The van der Waals surface area contributed by atoms with Gasteiger partial charge in [-0.25, -0.2) is 0 Å². The zero-order chi connectivity index (χ0) is 20.8. The van der Waals surface area contributed by atoms with Crippen molar-refractivity contribution < 1.29 is 9.59 Å². The Kier molecular flexibility index (Phi) is 12.2. The third-order valence-electron chi connectivity index (χ3n) is 4.69. The minimum Gasteiger partial charge on any atom is -0.354 e. The van der Waals surface area contributed by atoms with Gasteiger partial charge in [-0.05, 0) is 51.1 Å². The molecule has 0 saturated carbocycles. The molecule has 158 valence electrons. The Morgan fingerprint density at radius 3 is 2.36 bits per heavy atom. The van der Waals surface area contributed by atoms with E-state index in [2.05, 4.69) is 67.9 Å². The first-order valence-electron chi connectivity index (χ1n) is 10.8. The molecule has 0 aromatic heterocycles. The highest BCUT2D eigenvalue weighted by Gasteiger charge is 2.19. The van der Waals surface area contributed by atoms with Gasteiger partial charge in [-0.1, -0.05) is 57.0 Å². The Hall–Kier alpha value is -1.88. The lowest BCUT2D eigenvalue weighted by molar-refractivity contribution is -0.129. The van der Waals surface area contributed by atoms with Gasteiger partial charge < -0.3 is 16.0 Å². The van der Waals surface area contributed by atoms with Crippen LogP contribution in [0.25, 0.3) is 0 Å². The molecule has 5 heteroatoms. The number of nitrogens with one attached hydrogen (secondary N) is 3. The van der Waals surface area contributed by atoms with Gasteiger partial charge >= 0.3 is 0 Å². The van der Waals surface area contributed by atoms with Crippen LogP contribution >= 0.6 is 0 Å². The second-order valence-corrected chi connectivity index (χ2v) is 7.85. The first-order valence-corrected chi connectivity index (χ1v) is 10.8. The zero-order valence-corrected chi connectivity index (χ0v) is 18.1. The molecule has 1 aromatic rings. The number of rotatable bonds is 14. The summed E-state index contributed by atoms with van der Waals surface area (Å²) in [5, 5.41) is 9.26. The fraction of sp³-hybridized carbons (Fsp3) is 0.652. The van der Waals surface area contributed by atoms with Gasteiger partial charge in [0, 0.05) is 19.0 Å². The second kappa shape index (κ2) is 14.2. The molecule has 3 N–H and O–H groups in total. The number of hydrogen-bond acceptors (Lipinski definition) is 3. The molecule has 0 aliphatic rings. The van der Waals surface area contributed by atoms with Crippen LogP contribution in [0.3, 0.4) is 0 Å². The fourth-order valence-corrected chi connectivity index (χ4v) is 2.95. The van der Waals surface area contributed by atoms with Crippen LogP contribution in [0.2, 0.25) is 0 Å². The Morgan fingerprint density at radius 2 is 1.71 bits per heavy atom. The minimum atomic E-state index is -0.447. The topological polar surface area (TPSA) is 70.2 Å². The highest BCUT2D eigenvalue weighted by molar-refractivity contribution is 5.87. The van der Waals surface area contributed by atoms with E-state index < -0.39 is 6.04 Å². The van der Waals surface area contributed by atoms with Gasteiger partial charge in [0.15, 0.2) is 0 Å². The van der Waals surface area contributed by atoms with E-state index in [1.54, 1.807) is 0 Å². The van der Waals surface area contributed by atoms with Crippen molar-refractivity contribution in [1.82, 2.24) is 16.0 Å².